The molecule has 3 aliphatic rings. The summed E-state index contributed by atoms with van der Waals surface area (Å²) in [5.41, 5.74) is 4.40. The molecule has 2 fully saturated rings. The summed E-state index contributed by atoms with van der Waals surface area (Å²) in [5, 5.41) is 2.99. The monoisotopic (exact) mass is 485 g/mol. The van der Waals surface area contributed by atoms with E-state index in [-0.39, 0.29) is 17.6 Å². The van der Waals surface area contributed by atoms with Gasteiger partial charge in [0.2, 0.25) is 17.7 Å². The molecule has 1 atom stereocenters. The molecule has 3 aromatic heterocycles. The summed E-state index contributed by atoms with van der Waals surface area (Å²) in [4.78, 5) is 42.2. The molecule has 10 nitrogen and oxygen atoms in total. The van der Waals surface area contributed by atoms with E-state index in [0.29, 0.717) is 54.2 Å². The normalized spacial score (nSPS) is 20.1. The van der Waals surface area contributed by atoms with E-state index < -0.39 is 0 Å². The molecule has 2 aliphatic carbocycles. The Morgan fingerprint density at radius 2 is 2.06 bits per heavy atom. The van der Waals surface area contributed by atoms with Crippen LogP contribution in [0, 0.1) is 5.92 Å². The number of amides is 1. The molecule has 0 saturated heterocycles. The molecule has 0 bridgehead atoms. The number of nitrogens with zero attached hydrogens (tertiary/aromatic N) is 6. The second-order valence-corrected chi connectivity index (χ2v) is 10.4. The van der Waals surface area contributed by atoms with Crippen molar-refractivity contribution < 1.29 is 9.37 Å². The van der Waals surface area contributed by atoms with Crippen LogP contribution in [0.1, 0.15) is 66.7 Å². The third kappa shape index (κ3) is 3.63. The highest BCUT2D eigenvalue weighted by Crippen LogP contribution is 2.41. The lowest BCUT2D eigenvalue weighted by Crippen LogP contribution is -2.29. The Morgan fingerprint density at radius 3 is 2.81 bits per heavy atom. The Labute approximate surface area is 207 Å². The van der Waals surface area contributed by atoms with E-state index >= 15 is 0 Å². The van der Waals surface area contributed by atoms with Crippen molar-refractivity contribution in [1.29, 1.82) is 0 Å². The van der Waals surface area contributed by atoms with E-state index in [1.54, 1.807) is 4.57 Å². The number of aromatic amines is 1. The molecule has 184 valence electrons. The number of imidazole rings is 2. The quantitative estimate of drug-likeness (QED) is 0.408. The van der Waals surface area contributed by atoms with E-state index in [0.717, 1.165) is 17.5 Å². The Kier molecular flexibility index (Phi) is 4.83. The van der Waals surface area contributed by atoms with Crippen LogP contribution in [0.2, 0.25) is 0 Å². The average Bonchev–Trinajstić information content (AvgIpc) is 3.82. The molecule has 4 heterocycles. The first-order valence-corrected chi connectivity index (χ1v) is 12.9. The van der Waals surface area contributed by atoms with Gasteiger partial charge in [0.15, 0.2) is 5.65 Å². The molecule has 36 heavy (non-hydrogen) atoms. The molecule has 10 heteroatoms. The summed E-state index contributed by atoms with van der Waals surface area (Å²) >= 11 is 0. The molecule has 2 N–H and O–H groups in total. The molecule has 0 radical (unpaired) electrons. The van der Waals surface area contributed by atoms with Gasteiger partial charge in [-0.15, -0.1) is 0 Å². The van der Waals surface area contributed by atoms with E-state index in [1.807, 2.05) is 11.6 Å². The summed E-state index contributed by atoms with van der Waals surface area (Å²) in [6, 6.07) is 6.46. The van der Waals surface area contributed by atoms with Crippen LogP contribution in [0.3, 0.4) is 0 Å². The van der Waals surface area contributed by atoms with Gasteiger partial charge in [-0.25, -0.2) is 14.4 Å². The molecule has 4 aromatic rings. The Hall–Kier alpha value is -3.82. The van der Waals surface area contributed by atoms with Gasteiger partial charge in [-0.05, 0) is 60.2 Å². The third-order valence-electron chi connectivity index (χ3n) is 7.82. The lowest BCUT2D eigenvalue weighted by atomic mass is 10.1. The van der Waals surface area contributed by atoms with Gasteiger partial charge in [-0.3, -0.25) is 9.36 Å². The molecule has 1 aliphatic heterocycles. The minimum Gasteiger partial charge on any atom is -0.349 e. The molecule has 1 unspecified atom stereocenters. The Balaban J connectivity index is 1.17. The molecule has 1 amide bonds. The topological polar surface area (TPSA) is 114 Å². The number of benzene rings is 1. The highest BCUT2D eigenvalue weighted by molar-refractivity contribution is 5.95. The number of hydrogen-bond acceptors (Lipinski definition) is 5. The predicted octanol–water partition coefficient (Wildman–Crippen LogP) is 2.77. The highest BCUT2D eigenvalue weighted by Gasteiger charge is 2.30. The van der Waals surface area contributed by atoms with E-state index in [4.69, 9.17) is 0 Å². The van der Waals surface area contributed by atoms with Crippen LogP contribution in [-0.2, 0) is 7.05 Å². The molecular formula is C26H29N8O2+. The largest absolute Gasteiger partial charge is 0.354 e. The van der Waals surface area contributed by atoms with Crippen LogP contribution in [0.25, 0.3) is 22.2 Å². The van der Waals surface area contributed by atoms with Crippen molar-refractivity contribution in [3.05, 3.63) is 46.4 Å². The van der Waals surface area contributed by atoms with Gasteiger partial charge in [-0.2, -0.15) is 4.98 Å². The number of nitrogens with one attached hydrogen (secondary N) is 2. The number of carbonyl (C=O) groups excluding carboxylic acids is 1. The van der Waals surface area contributed by atoms with Gasteiger partial charge in [0.1, 0.15) is 0 Å². The van der Waals surface area contributed by atoms with Gasteiger partial charge in [0, 0.05) is 32.5 Å². The molecular weight excluding hydrogens is 456 g/mol. The van der Waals surface area contributed by atoms with Crippen molar-refractivity contribution in [3.8, 4) is 0 Å². The summed E-state index contributed by atoms with van der Waals surface area (Å²) < 4.78 is 5.71. The predicted molar refractivity (Wildman–Crippen MR) is 135 cm³/mol. The fourth-order valence-electron chi connectivity index (χ4n) is 5.39. The SMILES string of the molecule is Cn1c(C(=O)NCC2CC2)nc2c([N+]3=CCC(n4c(=O)[nH]c5cc(C6CC6)ccc54)CC3)ncnc21. The molecule has 7 rings (SSSR count). The van der Waals surface area contributed by atoms with Crippen LogP contribution >= 0.6 is 0 Å². The van der Waals surface area contributed by atoms with Crippen molar-refractivity contribution in [2.75, 3.05) is 13.1 Å². The van der Waals surface area contributed by atoms with Crippen molar-refractivity contribution in [1.82, 2.24) is 34.4 Å². The van der Waals surface area contributed by atoms with Crippen LogP contribution in [0.5, 0.6) is 0 Å². The highest BCUT2D eigenvalue weighted by atomic mass is 16.2. The first-order chi connectivity index (χ1) is 17.6. The summed E-state index contributed by atoms with van der Waals surface area (Å²) in [6.45, 7) is 1.38. The minimum absolute atomic E-state index is 0.0548. The second kappa shape index (κ2) is 8.11. The molecule has 1 aromatic carbocycles. The molecule has 2 saturated carbocycles. The van der Waals surface area contributed by atoms with Gasteiger partial charge in [0.05, 0.1) is 23.8 Å². The summed E-state index contributed by atoms with van der Waals surface area (Å²) in [5.74, 6) is 2.10. The van der Waals surface area contributed by atoms with E-state index in [9.17, 15) is 9.59 Å². The van der Waals surface area contributed by atoms with Crippen molar-refractivity contribution in [2.24, 2.45) is 13.0 Å². The summed E-state index contributed by atoms with van der Waals surface area (Å²) in [6.07, 6.45) is 9.93. The van der Waals surface area contributed by atoms with Crippen LogP contribution in [0.15, 0.2) is 29.3 Å². The van der Waals surface area contributed by atoms with E-state index in [2.05, 4.69) is 54.2 Å². The van der Waals surface area contributed by atoms with Gasteiger partial charge >= 0.3 is 11.5 Å². The first-order valence-electron chi connectivity index (χ1n) is 12.9. The van der Waals surface area contributed by atoms with Gasteiger partial charge < -0.3 is 14.9 Å². The fraction of sp³-hybridized carbons (Fsp3) is 0.462. The number of carbonyl (C=O) groups is 1. The summed E-state index contributed by atoms with van der Waals surface area (Å²) in [7, 11) is 1.81. The maximum Gasteiger partial charge on any atom is 0.354 e. The maximum atomic E-state index is 12.9. The average molecular weight is 486 g/mol. The van der Waals surface area contributed by atoms with Crippen LogP contribution in [0.4, 0.5) is 5.82 Å². The second-order valence-electron chi connectivity index (χ2n) is 10.4. The Bertz CT molecular complexity index is 1600. The number of fused-ring (bicyclic) bond motifs is 2. The number of H-pyrrole nitrogens is 1. The number of aromatic nitrogens is 6. The Morgan fingerprint density at radius 1 is 1.19 bits per heavy atom. The zero-order chi connectivity index (χ0) is 24.4. The smallest absolute Gasteiger partial charge is 0.349 e. The fourth-order valence-corrected chi connectivity index (χ4v) is 5.39. The van der Waals surface area contributed by atoms with Gasteiger partial charge in [0.25, 0.3) is 5.91 Å². The maximum absolute atomic E-state index is 12.9. The number of aryl methyl sites for hydroxylation is 1. The number of rotatable bonds is 6. The van der Waals surface area contributed by atoms with E-state index in [1.165, 1.54) is 37.6 Å². The van der Waals surface area contributed by atoms with Crippen LogP contribution in [-0.4, -0.2) is 58.9 Å². The third-order valence-corrected chi connectivity index (χ3v) is 7.82. The van der Waals surface area contributed by atoms with Crippen molar-refractivity contribution in [3.63, 3.8) is 0 Å². The van der Waals surface area contributed by atoms with Crippen molar-refractivity contribution >= 4 is 40.1 Å². The standard InChI is InChI=1S/C26H28N8O2/c1-32-22-21(31-24(32)25(35)27-13-15-2-3-15)23(29-14-28-22)33-10-8-18(9-11-33)34-20-7-6-17(16-4-5-16)12-19(20)30-26(34)36/h6-7,10,12,14-16,18H,2-5,8-9,11,13H2,1H3,(H-,27,30,35,36)/p+1. The lowest BCUT2D eigenvalue weighted by Gasteiger charge is -2.21. The number of hydrogen-bond donors (Lipinski definition) is 2. The lowest BCUT2D eigenvalue weighted by molar-refractivity contribution is -0.446. The zero-order valence-electron chi connectivity index (χ0n) is 20.3. The first kappa shape index (κ1) is 21.5. The molecule has 0 spiro atoms. The zero-order valence-corrected chi connectivity index (χ0v) is 20.3. The van der Waals surface area contributed by atoms with Gasteiger partial charge in [-0.1, -0.05) is 6.07 Å². The van der Waals surface area contributed by atoms with Crippen LogP contribution < -0.4 is 11.0 Å². The van der Waals surface area contributed by atoms with Crippen molar-refractivity contribution in [2.45, 2.75) is 50.5 Å². The minimum atomic E-state index is -0.181.